The summed E-state index contributed by atoms with van der Waals surface area (Å²) in [5.74, 6) is -3.95. The van der Waals surface area contributed by atoms with Crippen LogP contribution in [-0.2, 0) is 35.5 Å². The summed E-state index contributed by atoms with van der Waals surface area (Å²) >= 11 is 0. The lowest BCUT2D eigenvalue weighted by Gasteiger charge is -2.44. The zero-order valence-electron chi connectivity index (χ0n) is 24.0. The summed E-state index contributed by atoms with van der Waals surface area (Å²) in [5.41, 5.74) is 3.49. The molecule has 218 valence electrons. The molecule has 1 aliphatic heterocycles. The van der Waals surface area contributed by atoms with Gasteiger partial charge in [0, 0.05) is 24.9 Å². The van der Waals surface area contributed by atoms with Crippen LogP contribution in [0.3, 0.4) is 0 Å². The van der Waals surface area contributed by atoms with Crippen molar-refractivity contribution in [1.82, 2.24) is 9.80 Å². The first-order valence-corrected chi connectivity index (χ1v) is 14.6. The van der Waals surface area contributed by atoms with Gasteiger partial charge in [0.25, 0.3) is 0 Å². The van der Waals surface area contributed by atoms with E-state index in [0.717, 1.165) is 46.2 Å². The highest BCUT2D eigenvalue weighted by Crippen LogP contribution is 2.50. The van der Waals surface area contributed by atoms with Gasteiger partial charge in [0.1, 0.15) is 0 Å². The molecule has 0 unspecified atom stereocenters. The summed E-state index contributed by atoms with van der Waals surface area (Å²) in [6.45, 7) is 1.74. The molecule has 0 aromatic heterocycles. The van der Waals surface area contributed by atoms with Crippen molar-refractivity contribution in [3.63, 3.8) is 0 Å². The fourth-order valence-electron chi connectivity index (χ4n) is 7.32. The highest BCUT2D eigenvalue weighted by molar-refractivity contribution is 6.00. The number of carboxylic acid groups (broad SMARTS) is 2. The van der Waals surface area contributed by atoms with Crippen LogP contribution in [0, 0.1) is 5.92 Å². The Morgan fingerprint density at radius 1 is 0.744 bits per heavy atom. The van der Waals surface area contributed by atoms with Gasteiger partial charge in [0.05, 0.1) is 0 Å². The van der Waals surface area contributed by atoms with E-state index in [0.29, 0.717) is 0 Å². The van der Waals surface area contributed by atoms with Crippen LogP contribution in [0.4, 0.5) is 4.79 Å². The summed E-state index contributed by atoms with van der Waals surface area (Å²) < 4.78 is 0. The first-order valence-electron chi connectivity index (χ1n) is 14.6. The number of hydrogen-bond acceptors (Lipinski definition) is 3. The second kappa shape index (κ2) is 11.4. The fourth-order valence-corrected chi connectivity index (χ4v) is 7.32. The molecular formula is C36H34N2O5. The van der Waals surface area contributed by atoms with Gasteiger partial charge in [-0.05, 0) is 46.2 Å². The van der Waals surface area contributed by atoms with Crippen molar-refractivity contribution in [3.8, 4) is 0 Å². The van der Waals surface area contributed by atoms with Crippen LogP contribution in [0.1, 0.15) is 46.2 Å². The van der Waals surface area contributed by atoms with Crippen LogP contribution in [0.15, 0.2) is 109 Å². The van der Waals surface area contributed by atoms with Crippen LogP contribution in [0.25, 0.3) is 0 Å². The molecule has 2 amide bonds. The monoisotopic (exact) mass is 574 g/mol. The molecule has 4 aromatic carbocycles. The lowest BCUT2D eigenvalue weighted by molar-refractivity contribution is -0.163. The average Bonchev–Trinajstić information content (AvgIpc) is 3.15. The van der Waals surface area contributed by atoms with Crippen LogP contribution in [0.5, 0.6) is 0 Å². The third kappa shape index (κ3) is 4.75. The molecule has 0 saturated carbocycles. The number of carbonyl (C=O) groups is 3. The first kappa shape index (κ1) is 28.2. The zero-order chi connectivity index (χ0) is 30.1. The summed E-state index contributed by atoms with van der Waals surface area (Å²) in [5, 5.41) is 22.2. The van der Waals surface area contributed by atoms with Gasteiger partial charge in [-0.15, -0.1) is 0 Å². The predicted molar refractivity (Wildman–Crippen MR) is 162 cm³/mol. The summed E-state index contributed by atoms with van der Waals surface area (Å²) in [4.78, 5) is 44.2. The topological polar surface area (TPSA) is 98.1 Å². The van der Waals surface area contributed by atoms with Crippen molar-refractivity contribution in [3.05, 3.63) is 143 Å². The maximum absolute atomic E-state index is 14.4. The second-order valence-corrected chi connectivity index (χ2v) is 11.5. The number of urea groups is 1. The lowest BCUT2D eigenvalue weighted by atomic mass is 9.66. The Kier molecular flexibility index (Phi) is 7.48. The minimum absolute atomic E-state index is 0.0263. The average molecular weight is 575 g/mol. The highest BCUT2D eigenvalue weighted by atomic mass is 16.4. The number of carboxylic acids is 2. The number of benzene rings is 4. The molecule has 4 aromatic rings. The van der Waals surface area contributed by atoms with Gasteiger partial charge >= 0.3 is 18.0 Å². The SMILES string of the molecule is C[C@@H](C1c2ccccc2CCc2ccccc21)[C@]1(C(=O)O)[C@@H](C(=O)O)N(Cc2ccccc2)C(=O)N1Cc1ccccc1. The molecule has 0 spiro atoms. The number of nitrogens with zero attached hydrogens (tertiary/aromatic N) is 2. The summed E-state index contributed by atoms with van der Waals surface area (Å²) in [7, 11) is 0. The highest BCUT2D eigenvalue weighted by Gasteiger charge is 2.68. The third-order valence-electron chi connectivity index (χ3n) is 9.25. The summed E-state index contributed by atoms with van der Waals surface area (Å²) in [6, 6.07) is 32.0. The molecule has 0 bridgehead atoms. The van der Waals surface area contributed by atoms with E-state index in [9.17, 15) is 24.6 Å². The largest absolute Gasteiger partial charge is 0.480 e. The van der Waals surface area contributed by atoms with E-state index in [2.05, 4.69) is 12.1 Å². The van der Waals surface area contributed by atoms with Gasteiger partial charge in [-0.3, -0.25) is 0 Å². The number of carbonyl (C=O) groups excluding carboxylic acids is 1. The van der Waals surface area contributed by atoms with Crippen molar-refractivity contribution in [2.75, 3.05) is 0 Å². The first-order chi connectivity index (χ1) is 20.8. The number of rotatable bonds is 8. The molecule has 43 heavy (non-hydrogen) atoms. The smallest absolute Gasteiger partial charge is 0.332 e. The lowest BCUT2D eigenvalue weighted by Crippen LogP contribution is -2.65. The van der Waals surface area contributed by atoms with Gasteiger partial charge < -0.3 is 20.0 Å². The van der Waals surface area contributed by atoms with E-state index in [1.54, 1.807) is 0 Å². The Bertz CT molecular complexity index is 1610. The minimum Gasteiger partial charge on any atom is -0.480 e. The zero-order valence-corrected chi connectivity index (χ0v) is 24.0. The van der Waals surface area contributed by atoms with Gasteiger partial charge in [-0.25, -0.2) is 14.4 Å². The molecule has 1 saturated heterocycles. The number of aliphatic carboxylic acids is 2. The predicted octanol–water partition coefficient (Wildman–Crippen LogP) is 5.97. The molecule has 2 aliphatic rings. The standard InChI is InChI=1S/C36H34N2O5/c1-24(31-29-18-10-8-16-27(29)20-21-28-17-9-11-19-30(28)31)36(34(41)42)32(33(39)40)37(22-25-12-4-2-5-13-25)35(43)38(36)23-26-14-6-3-7-15-26/h2-19,24,31-32H,20-23H2,1H3,(H,39,40)(H,41,42)/t24-,32+,36+/m0/s1. The van der Waals surface area contributed by atoms with Crippen molar-refractivity contribution < 1.29 is 24.6 Å². The van der Waals surface area contributed by atoms with Crippen molar-refractivity contribution >= 4 is 18.0 Å². The molecule has 1 fully saturated rings. The van der Waals surface area contributed by atoms with Crippen molar-refractivity contribution in [1.29, 1.82) is 0 Å². The van der Waals surface area contributed by atoms with Crippen molar-refractivity contribution in [2.24, 2.45) is 5.92 Å². The molecule has 6 rings (SSSR count). The van der Waals surface area contributed by atoms with Crippen LogP contribution in [-0.4, -0.2) is 49.6 Å². The second-order valence-electron chi connectivity index (χ2n) is 11.5. The van der Waals surface area contributed by atoms with Gasteiger partial charge in [-0.1, -0.05) is 116 Å². The molecule has 2 N–H and O–H groups in total. The number of fused-ring (bicyclic) bond motifs is 2. The third-order valence-corrected chi connectivity index (χ3v) is 9.25. The number of aryl methyl sites for hydroxylation is 2. The van der Waals surface area contributed by atoms with Gasteiger partial charge in [0.15, 0.2) is 11.6 Å². The van der Waals surface area contributed by atoms with E-state index < -0.39 is 41.4 Å². The Morgan fingerprint density at radius 3 is 1.70 bits per heavy atom. The van der Waals surface area contributed by atoms with E-state index in [1.807, 2.05) is 104 Å². The van der Waals surface area contributed by atoms with E-state index >= 15 is 0 Å². The van der Waals surface area contributed by atoms with Crippen LogP contribution < -0.4 is 0 Å². The van der Waals surface area contributed by atoms with Gasteiger partial charge in [0.2, 0.25) is 0 Å². The molecule has 7 heteroatoms. The van der Waals surface area contributed by atoms with E-state index in [4.69, 9.17) is 0 Å². The van der Waals surface area contributed by atoms with Gasteiger partial charge in [-0.2, -0.15) is 0 Å². The van der Waals surface area contributed by atoms with E-state index in [1.165, 1.54) is 9.80 Å². The molecule has 7 nitrogen and oxygen atoms in total. The molecule has 3 atom stereocenters. The molecule has 1 aliphatic carbocycles. The normalized spacial score (nSPS) is 20.7. The maximum Gasteiger partial charge on any atom is 0.332 e. The van der Waals surface area contributed by atoms with Crippen LogP contribution in [0.2, 0.25) is 0 Å². The minimum atomic E-state index is -2.09. The van der Waals surface area contributed by atoms with Crippen molar-refractivity contribution in [2.45, 2.75) is 50.4 Å². The molecular weight excluding hydrogens is 540 g/mol. The number of hydrogen-bond donors (Lipinski definition) is 2. The molecule has 0 radical (unpaired) electrons. The maximum atomic E-state index is 14.4. The Hall–Kier alpha value is -4.91. The summed E-state index contributed by atoms with van der Waals surface area (Å²) in [6.07, 6.45) is 1.57. The van der Waals surface area contributed by atoms with Crippen LogP contribution >= 0.6 is 0 Å². The fraction of sp³-hybridized carbons (Fsp3) is 0.250. The number of amides is 2. The Balaban J connectivity index is 1.59. The Labute approximate surface area is 251 Å². The quantitative estimate of drug-likeness (QED) is 0.270. The Morgan fingerprint density at radius 2 is 1.21 bits per heavy atom. The van der Waals surface area contributed by atoms with E-state index in [-0.39, 0.29) is 13.1 Å². The molecule has 1 heterocycles.